The summed E-state index contributed by atoms with van der Waals surface area (Å²) in [5.41, 5.74) is 1.86. The largest absolute Gasteiger partial charge is 0.483 e. The Labute approximate surface area is 167 Å². The highest BCUT2D eigenvalue weighted by molar-refractivity contribution is 6.04. The van der Waals surface area contributed by atoms with Gasteiger partial charge in [0.2, 0.25) is 0 Å². The van der Waals surface area contributed by atoms with E-state index in [0.29, 0.717) is 29.5 Å². The molecule has 0 bridgehead atoms. The summed E-state index contributed by atoms with van der Waals surface area (Å²) in [6, 6.07) is 14.7. The Kier molecular flexibility index (Phi) is 7.21. The lowest BCUT2D eigenvalue weighted by Crippen LogP contribution is -2.29. The van der Waals surface area contributed by atoms with Crippen molar-refractivity contribution in [2.24, 2.45) is 5.92 Å². The fraction of sp³-hybridized carbons (Fsp3) is 0.391. The number of benzene rings is 2. The van der Waals surface area contributed by atoms with Gasteiger partial charge in [-0.15, -0.1) is 0 Å². The number of carbonyl (C=O) groups is 2. The molecule has 0 unspecified atom stereocenters. The lowest BCUT2D eigenvalue weighted by Gasteiger charge is -2.22. The quantitative estimate of drug-likeness (QED) is 0.746. The highest BCUT2D eigenvalue weighted by Gasteiger charge is 2.19. The molecular weight excluding hydrogens is 352 g/mol. The van der Waals surface area contributed by atoms with Gasteiger partial charge in [-0.3, -0.25) is 9.59 Å². The first-order valence-corrected chi connectivity index (χ1v) is 9.58. The van der Waals surface area contributed by atoms with Gasteiger partial charge in [-0.25, -0.2) is 0 Å². The van der Waals surface area contributed by atoms with Crippen LogP contribution in [-0.2, 0) is 10.2 Å². The average Bonchev–Trinajstić information content (AvgIpc) is 2.64. The van der Waals surface area contributed by atoms with Crippen LogP contribution in [0.1, 0.15) is 50.5 Å². The van der Waals surface area contributed by atoms with Crippen LogP contribution < -0.4 is 15.4 Å². The van der Waals surface area contributed by atoms with Crippen molar-refractivity contribution in [2.45, 2.75) is 40.0 Å². The molecule has 2 rings (SSSR count). The van der Waals surface area contributed by atoms with Crippen molar-refractivity contribution < 1.29 is 14.3 Å². The molecular formula is C23H30N2O3. The lowest BCUT2D eigenvalue weighted by molar-refractivity contribution is -0.118. The summed E-state index contributed by atoms with van der Waals surface area (Å²) in [6.45, 7) is 10.8. The number of nitrogens with one attached hydrogen (secondary N) is 2. The van der Waals surface area contributed by atoms with E-state index in [9.17, 15) is 9.59 Å². The molecule has 150 valence electrons. The molecule has 0 fully saturated rings. The van der Waals surface area contributed by atoms with Crippen molar-refractivity contribution in [3.05, 3.63) is 59.7 Å². The molecule has 28 heavy (non-hydrogen) atoms. The zero-order chi connectivity index (χ0) is 20.7. The van der Waals surface area contributed by atoms with Gasteiger partial charge in [0.25, 0.3) is 11.8 Å². The predicted octanol–water partition coefficient (Wildman–Crippen LogP) is 4.39. The highest BCUT2D eigenvalue weighted by Crippen LogP contribution is 2.30. The van der Waals surface area contributed by atoms with E-state index in [-0.39, 0.29) is 23.8 Å². The van der Waals surface area contributed by atoms with Crippen LogP contribution >= 0.6 is 0 Å². The monoisotopic (exact) mass is 382 g/mol. The molecule has 0 aliphatic carbocycles. The van der Waals surface area contributed by atoms with Gasteiger partial charge in [0.1, 0.15) is 5.75 Å². The second kappa shape index (κ2) is 9.40. The number of rotatable bonds is 7. The summed E-state index contributed by atoms with van der Waals surface area (Å²) >= 11 is 0. The standard InChI is InChI=1S/C23H30N2O3/c1-16(2)14-24-22(27)17-10-6-8-12-19(17)25-21(26)15-28-20-13-9-7-11-18(20)23(3,4)5/h6-13,16H,14-15H2,1-5H3,(H,24,27)(H,25,26). The summed E-state index contributed by atoms with van der Waals surface area (Å²) in [5, 5.41) is 5.66. The third-order valence-electron chi connectivity index (χ3n) is 4.17. The molecule has 2 aromatic carbocycles. The number of amides is 2. The van der Waals surface area contributed by atoms with E-state index in [0.717, 1.165) is 5.56 Å². The summed E-state index contributed by atoms with van der Waals surface area (Å²) in [5.74, 6) is 0.520. The highest BCUT2D eigenvalue weighted by atomic mass is 16.5. The van der Waals surface area contributed by atoms with E-state index in [2.05, 4.69) is 31.4 Å². The third kappa shape index (κ3) is 6.12. The maximum absolute atomic E-state index is 12.4. The minimum absolute atomic E-state index is 0.0891. The molecule has 0 aromatic heterocycles. The topological polar surface area (TPSA) is 67.4 Å². The Morgan fingerprint density at radius 3 is 2.32 bits per heavy atom. The Bertz CT molecular complexity index is 823. The summed E-state index contributed by atoms with van der Waals surface area (Å²) in [6.07, 6.45) is 0. The van der Waals surface area contributed by atoms with Gasteiger partial charge < -0.3 is 15.4 Å². The third-order valence-corrected chi connectivity index (χ3v) is 4.17. The van der Waals surface area contributed by atoms with Gasteiger partial charge in [0.15, 0.2) is 6.61 Å². The molecule has 0 saturated heterocycles. The van der Waals surface area contributed by atoms with Crippen molar-refractivity contribution in [1.29, 1.82) is 0 Å². The fourth-order valence-corrected chi connectivity index (χ4v) is 2.72. The molecule has 5 nitrogen and oxygen atoms in total. The summed E-state index contributed by atoms with van der Waals surface area (Å²) in [4.78, 5) is 24.8. The van der Waals surface area contributed by atoms with Crippen molar-refractivity contribution in [1.82, 2.24) is 5.32 Å². The van der Waals surface area contributed by atoms with Crippen LogP contribution in [0.15, 0.2) is 48.5 Å². The number of hydrogen-bond acceptors (Lipinski definition) is 3. The van der Waals surface area contributed by atoms with Gasteiger partial charge in [-0.1, -0.05) is 65.0 Å². The first-order chi connectivity index (χ1) is 13.2. The maximum Gasteiger partial charge on any atom is 0.262 e. The minimum atomic E-state index is -0.312. The zero-order valence-electron chi connectivity index (χ0n) is 17.3. The van der Waals surface area contributed by atoms with E-state index < -0.39 is 0 Å². The van der Waals surface area contributed by atoms with Gasteiger partial charge in [-0.05, 0) is 35.1 Å². The maximum atomic E-state index is 12.4. The Morgan fingerprint density at radius 1 is 1.00 bits per heavy atom. The Morgan fingerprint density at radius 2 is 1.64 bits per heavy atom. The first kappa shape index (κ1) is 21.5. The molecule has 5 heteroatoms. The van der Waals surface area contributed by atoms with E-state index >= 15 is 0 Å². The van der Waals surface area contributed by atoms with Crippen molar-refractivity contribution in [3.63, 3.8) is 0 Å². The van der Waals surface area contributed by atoms with Crippen LogP contribution in [0.5, 0.6) is 5.75 Å². The van der Waals surface area contributed by atoms with Crippen molar-refractivity contribution in [2.75, 3.05) is 18.5 Å². The number of para-hydroxylation sites is 2. The molecule has 0 atom stereocenters. The predicted molar refractivity (Wildman–Crippen MR) is 113 cm³/mol. The Hall–Kier alpha value is -2.82. The second-order valence-corrected chi connectivity index (χ2v) is 8.23. The van der Waals surface area contributed by atoms with Crippen LogP contribution in [0.3, 0.4) is 0 Å². The van der Waals surface area contributed by atoms with Crippen molar-refractivity contribution in [3.8, 4) is 5.75 Å². The molecule has 0 aliphatic rings. The smallest absolute Gasteiger partial charge is 0.262 e. The van der Waals surface area contributed by atoms with E-state index in [4.69, 9.17) is 4.74 Å². The van der Waals surface area contributed by atoms with Crippen LogP contribution in [-0.4, -0.2) is 25.0 Å². The number of anilines is 1. The normalized spacial score (nSPS) is 11.2. The van der Waals surface area contributed by atoms with E-state index in [1.165, 1.54) is 0 Å². The molecule has 0 saturated carbocycles. The lowest BCUT2D eigenvalue weighted by atomic mass is 9.86. The van der Waals surface area contributed by atoms with Crippen LogP contribution in [0.25, 0.3) is 0 Å². The first-order valence-electron chi connectivity index (χ1n) is 9.58. The van der Waals surface area contributed by atoms with Crippen LogP contribution in [0.4, 0.5) is 5.69 Å². The van der Waals surface area contributed by atoms with Gasteiger partial charge in [0.05, 0.1) is 11.3 Å². The summed E-state index contributed by atoms with van der Waals surface area (Å²) in [7, 11) is 0. The molecule has 2 aromatic rings. The van der Waals surface area contributed by atoms with Crippen molar-refractivity contribution >= 4 is 17.5 Å². The molecule has 0 heterocycles. The fourth-order valence-electron chi connectivity index (χ4n) is 2.72. The number of carbonyl (C=O) groups excluding carboxylic acids is 2. The number of ether oxygens (including phenoxy) is 1. The van der Waals surface area contributed by atoms with Crippen LogP contribution in [0.2, 0.25) is 0 Å². The SMILES string of the molecule is CC(C)CNC(=O)c1ccccc1NC(=O)COc1ccccc1C(C)(C)C. The van der Waals surface area contributed by atoms with Gasteiger partial charge in [0, 0.05) is 6.54 Å². The van der Waals surface area contributed by atoms with E-state index in [1.54, 1.807) is 24.3 Å². The molecule has 0 radical (unpaired) electrons. The van der Waals surface area contributed by atoms with E-state index in [1.807, 2.05) is 38.1 Å². The molecule has 2 N–H and O–H groups in total. The minimum Gasteiger partial charge on any atom is -0.483 e. The van der Waals surface area contributed by atoms with Gasteiger partial charge in [-0.2, -0.15) is 0 Å². The number of hydrogen-bond donors (Lipinski definition) is 2. The van der Waals surface area contributed by atoms with Gasteiger partial charge >= 0.3 is 0 Å². The van der Waals surface area contributed by atoms with Crippen LogP contribution in [0, 0.1) is 5.92 Å². The molecule has 0 spiro atoms. The summed E-state index contributed by atoms with van der Waals surface area (Å²) < 4.78 is 5.76. The second-order valence-electron chi connectivity index (χ2n) is 8.23. The zero-order valence-corrected chi connectivity index (χ0v) is 17.3. The molecule has 0 aliphatic heterocycles. The molecule has 2 amide bonds. The average molecular weight is 383 g/mol. The Balaban J connectivity index is 2.04.